The van der Waals surface area contributed by atoms with Crippen LogP contribution in [0.5, 0.6) is 0 Å². The van der Waals surface area contributed by atoms with E-state index < -0.39 is 11.5 Å². The summed E-state index contributed by atoms with van der Waals surface area (Å²) in [7, 11) is 0. The number of esters is 1. The Morgan fingerprint density at radius 1 is 1.44 bits per heavy atom. The molecule has 0 aromatic carbocycles. The van der Waals surface area contributed by atoms with Gasteiger partial charge in [-0.1, -0.05) is 13.8 Å². The van der Waals surface area contributed by atoms with Crippen LogP contribution in [0.25, 0.3) is 0 Å². The summed E-state index contributed by atoms with van der Waals surface area (Å²) < 4.78 is 10.2. The maximum Gasteiger partial charge on any atom is 0.328 e. The minimum Gasteiger partial charge on any atom is -0.465 e. The molecule has 96 valence electrons. The van der Waals surface area contributed by atoms with E-state index in [2.05, 4.69) is 13.8 Å². The van der Waals surface area contributed by atoms with Crippen LogP contribution < -0.4 is 5.73 Å². The summed E-state index contributed by atoms with van der Waals surface area (Å²) in [5, 5.41) is 0. The molecule has 0 rings (SSSR count). The van der Waals surface area contributed by atoms with Gasteiger partial charge in [0.15, 0.2) is 0 Å². The summed E-state index contributed by atoms with van der Waals surface area (Å²) >= 11 is 0. The molecule has 4 heteroatoms. The van der Waals surface area contributed by atoms with Crippen LogP contribution in [0.2, 0.25) is 0 Å². The molecule has 0 saturated heterocycles. The first kappa shape index (κ1) is 15.4. The number of hydrogen-bond acceptors (Lipinski definition) is 4. The topological polar surface area (TPSA) is 61.5 Å². The summed E-state index contributed by atoms with van der Waals surface area (Å²) in [5.74, 6) is 0.275. The Kier molecular flexibility index (Phi) is 7.34. The highest BCUT2D eigenvalue weighted by molar-refractivity contribution is 5.80. The second-order valence-electron chi connectivity index (χ2n) is 4.73. The lowest BCUT2D eigenvalue weighted by Gasteiger charge is -2.22. The Balaban J connectivity index is 3.69. The molecule has 0 aliphatic carbocycles. The Morgan fingerprint density at radius 3 is 2.56 bits per heavy atom. The Hall–Kier alpha value is -0.610. The van der Waals surface area contributed by atoms with Crippen LogP contribution in [0.3, 0.4) is 0 Å². The first-order valence-corrected chi connectivity index (χ1v) is 5.94. The van der Waals surface area contributed by atoms with E-state index in [9.17, 15) is 4.79 Å². The molecule has 0 saturated carbocycles. The average molecular weight is 231 g/mol. The number of ether oxygens (including phenoxy) is 2. The van der Waals surface area contributed by atoms with Crippen molar-refractivity contribution in [2.75, 3.05) is 19.8 Å². The Morgan fingerprint density at radius 2 is 2.06 bits per heavy atom. The maximum atomic E-state index is 11.4. The zero-order chi connectivity index (χ0) is 12.6. The van der Waals surface area contributed by atoms with E-state index in [0.29, 0.717) is 19.1 Å². The lowest BCUT2D eigenvalue weighted by Crippen LogP contribution is -2.50. The van der Waals surface area contributed by atoms with Crippen molar-refractivity contribution in [1.82, 2.24) is 0 Å². The van der Waals surface area contributed by atoms with Gasteiger partial charge in [0.25, 0.3) is 0 Å². The third-order valence-corrected chi connectivity index (χ3v) is 2.21. The molecule has 0 aromatic heterocycles. The molecule has 0 spiro atoms. The number of rotatable bonds is 8. The number of nitrogens with two attached hydrogens (primary N) is 1. The molecule has 4 nitrogen and oxygen atoms in total. The van der Waals surface area contributed by atoms with E-state index in [-0.39, 0.29) is 6.61 Å². The van der Waals surface area contributed by atoms with Gasteiger partial charge in [0, 0.05) is 6.61 Å². The zero-order valence-corrected chi connectivity index (χ0v) is 10.9. The largest absolute Gasteiger partial charge is 0.465 e. The van der Waals surface area contributed by atoms with E-state index in [1.54, 1.807) is 13.8 Å². The van der Waals surface area contributed by atoms with Gasteiger partial charge >= 0.3 is 5.97 Å². The maximum absolute atomic E-state index is 11.4. The van der Waals surface area contributed by atoms with Crippen LogP contribution in [-0.4, -0.2) is 31.3 Å². The lowest BCUT2D eigenvalue weighted by molar-refractivity contribution is -0.151. The molecule has 1 atom stereocenters. The van der Waals surface area contributed by atoms with E-state index in [1.807, 2.05) is 0 Å². The van der Waals surface area contributed by atoms with E-state index >= 15 is 0 Å². The van der Waals surface area contributed by atoms with Gasteiger partial charge in [0.05, 0.1) is 13.2 Å². The highest BCUT2D eigenvalue weighted by atomic mass is 16.5. The Labute approximate surface area is 98.5 Å². The van der Waals surface area contributed by atoms with Crippen LogP contribution in [0.15, 0.2) is 0 Å². The van der Waals surface area contributed by atoms with Crippen molar-refractivity contribution in [2.24, 2.45) is 11.7 Å². The number of hydrogen-bond donors (Lipinski definition) is 1. The van der Waals surface area contributed by atoms with Gasteiger partial charge in [-0.2, -0.15) is 0 Å². The minimum atomic E-state index is -1.03. The first-order valence-electron chi connectivity index (χ1n) is 5.94. The van der Waals surface area contributed by atoms with Gasteiger partial charge in [-0.25, -0.2) is 4.79 Å². The lowest BCUT2D eigenvalue weighted by atomic mass is 10.1. The molecule has 0 aliphatic heterocycles. The van der Waals surface area contributed by atoms with Gasteiger partial charge in [-0.05, 0) is 32.6 Å². The van der Waals surface area contributed by atoms with Crippen molar-refractivity contribution < 1.29 is 14.3 Å². The Bertz CT molecular complexity index is 202. The second kappa shape index (κ2) is 7.63. The highest BCUT2D eigenvalue weighted by Crippen LogP contribution is 2.06. The molecule has 2 N–H and O–H groups in total. The van der Waals surface area contributed by atoms with Crippen molar-refractivity contribution in [3.63, 3.8) is 0 Å². The number of carbonyl (C=O) groups is 1. The van der Waals surface area contributed by atoms with Crippen molar-refractivity contribution in [1.29, 1.82) is 0 Å². The molecule has 0 radical (unpaired) electrons. The molecular formula is C12H25NO3. The van der Waals surface area contributed by atoms with E-state index in [1.165, 1.54) is 0 Å². The standard InChI is InChI=1S/C12H25NO3/c1-5-16-11(14)12(4,13)9-15-8-6-7-10(2)3/h10H,5-9,13H2,1-4H3. The molecule has 16 heavy (non-hydrogen) atoms. The van der Waals surface area contributed by atoms with E-state index in [4.69, 9.17) is 15.2 Å². The van der Waals surface area contributed by atoms with Crippen LogP contribution in [0, 0.1) is 5.92 Å². The first-order chi connectivity index (χ1) is 7.40. The fourth-order valence-corrected chi connectivity index (χ4v) is 1.23. The molecule has 0 fully saturated rings. The number of carbonyl (C=O) groups excluding carboxylic acids is 1. The third-order valence-electron chi connectivity index (χ3n) is 2.21. The van der Waals surface area contributed by atoms with Crippen molar-refractivity contribution in [2.45, 2.75) is 46.1 Å². The molecule has 0 aromatic rings. The summed E-state index contributed by atoms with van der Waals surface area (Å²) in [6.07, 6.45) is 2.12. The predicted molar refractivity (Wildman–Crippen MR) is 64.1 cm³/mol. The monoisotopic (exact) mass is 231 g/mol. The van der Waals surface area contributed by atoms with Gasteiger partial charge in [-0.15, -0.1) is 0 Å². The van der Waals surface area contributed by atoms with Gasteiger partial charge in [-0.3, -0.25) is 0 Å². The fourth-order valence-electron chi connectivity index (χ4n) is 1.23. The summed E-state index contributed by atoms with van der Waals surface area (Å²) in [6.45, 7) is 8.94. The molecular weight excluding hydrogens is 206 g/mol. The smallest absolute Gasteiger partial charge is 0.328 e. The van der Waals surface area contributed by atoms with Gasteiger partial charge in [0.2, 0.25) is 0 Å². The van der Waals surface area contributed by atoms with Gasteiger partial charge in [0.1, 0.15) is 5.54 Å². The molecule has 1 unspecified atom stereocenters. The van der Waals surface area contributed by atoms with Gasteiger partial charge < -0.3 is 15.2 Å². The SMILES string of the molecule is CCOC(=O)C(C)(N)COCCCC(C)C. The van der Waals surface area contributed by atoms with Crippen molar-refractivity contribution in [3.8, 4) is 0 Å². The van der Waals surface area contributed by atoms with Crippen LogP contribution in [-0.2, 0) is 14.3 Å². The van der Waals surface area contributed by atoms with Crippen LogP contribution in [0.4, 0.5) is 0 Å². The molecule has 0 bridgehead atoms. The predicted octanol–water partition coefficient (Wildman–Crippen LogP) is 1.72. The third kappa shape index (κ3) is 6.80. The highest BCUT2D eigenvalue weighted by Gasteiger charge is 2.30. The summed E-state index contributed by atoms with van der Waals surface area (Å²) in [6, 6.07) is 0. The minimum absolute atomic E-state index is 0.212. The molecule has 0 heterocycles. The van der Waals surface area contributed by atoms with Crippen LogP contribution >= 0.6 is 0 Å². The normalized spacial score (nSPS) is 14.9. The second-order valence-corrected chi connectivity index (χ2v) is 4.73. The average Bonchev–Trinajstić information content (AvgIpc) is 2.17. The van der Waals surface area contributed by atoms with E-state index in [0.717, 1.165) is 12.8 Å². The van der Waals surface area contributed by atoms with Crippen LogP contribution in [0.1, 0.15) is 40.5 Å². The van der Waals surface area contributed by atoms with Crippen molar-refractivity contribution in [3.05, 3.63) is 0 Å². The zero-order valence-electron chi connectivity index (χ0n) is 10.9. The molecule has 0 amide bonds. The quantitative estimate of drug-likeness (QED) is 0.510. The summed E-state index contributed by atoms with van der Waals surface area (Å²) in [4.78, 5) is 11.4. The molecule has 0 aliphatic rings. The summed E-state index contributed by atoms with van der Waals surface area (Å²) in [5.41, 5.74) is 4.75. The van der Waals surface area contributed by atoms with Crippen molar-refractivity contribution >= 4 is 5.97 Å². The fraction of sp³-hybridized carbons (Fsp3) is 0.917.